The number of fused-ring (bicyclic) bond motifs is 1. The summed E-state index contributed by atoms with van der Waals surface area (Å²) in [5.74, 6) is 2.08. The minimum atomic E-state index is -1.31. The zero-order valence-electron chi connectivity index (χ0n) is 15.2. The van der Waals surface area contributed by atoms with Crippen molar-refractivity contribution in [1.82, 2.24) is 20.2 Å². The van der Waals surface area contributed by atoms with Crippen molar-refractivity contribution in [3.63, 3.8) is 0 Å². The molecule has 3 aromatic rings. The summed E-state index contributed by atoms with van der Waals surface area (Å²) in [5, 5.41) is 12.0. The van der Waals surface area contributed by atoms with E-state index in [0.717, 1.165) is 23.2 Å². The SMILES string of the molecule is Cc1cccc(C)c1-n1nnnc1C[S@](=O)c1ccc2c(c1)OCCCO2. The predicted molar refractivity (Wildman–Crippen MR) is 101 cm³/mol. The van der Waals surface area contributed by atoms with Gasteiger partial charge in [0.25, 0.3) is 0 Å². The van der Waals surface area contributed by atoms with Gasteiger partial charge in [0.2, 0.25) is 0 Å². The fourth-order valence-corrected chi connectivity index (χ4v) is 4.13. The molecule has 0 aliphatic carbocycles. The van der Waals surface area contributed by atoms with Gasteiger partial charge in [-0.15, -0.1) is 5.10 Å². The number of rotatable bonds is 4. The molecule has 7 nitrogen and oxygen atoms in total. The molecule has 0 bridgehead atoms. The van der Waals surface area contributed by atoms with Gasteiger partial charge < -0.3 is 9.47 Å². The first kappa shape index (κ1) is 17.7. The van der Waals surface area contributed by atoms with Gasteiger partial charge in [0.1, 0.15) is 0 Å². The van der Waals surface area contributed by atoms with Crippen LogP contribution >= 0.6 is 0 Å². The van der Waals surface area contributed by atoms with Crippen molar-refractivity contribution in [2.75, 3.05) is 13.2 Å². The van der Waals surface area contributed by atoms with E-state index in [9.17, 15) is 4.21 Å². The maximum Gasteiger partial charge on any atom is 0.169 e. The molecule has 0 spiro atoms. The van der Waals surface area contributed by atoms with Crippen molar-refractivity contribution in [2.45, 2.75) is 30.9 Å². The highest BCUT2D eigenvalue weighted by Crippen LogP contribution is 2.32. The first-order valence-electron chi connectivity index (χ1n) is 8.75. The number of aromatic nitrogens is 4. The van der Waals surface area contributed by atoms with Gasteiger partial charge in [-0.1, -0.05) is 18.2 Å². The van der Waals surface area contributed by atoms with E-state index in [2.05, 4.69) is 15.5 Å². The Morgan fingerprint density at radius 1 is 1.07 bits per heavy atom. The molecule has 4 rings (SSSR count). The van der Waals surface area contributed by atoms with Crippen molar-refractivity contribution >= 4 is 10.8 Å². The minimum Gasteiger partial charge on any atom is -0.490 e. The maximum absolute atomic E-state index is 12.9. The van der Waals surface area contributed by atoms with E-state index < -0.39 is 10.8 Å². The second-order valence-corrected chi connectivity index (χ2v) is 7.85. The van der Waals surface area contributed by atoms with Crippen molar-refractivity contribution < 1.29 is 13.7 Å². The average Bonchev–Trinajstić information content (AvgIpc) is 2.96. The van der Waals surface area contributed by atoms with E-state index in [1.807, 2.05) is 38.1 Å². The Morgan fingerprint density at radius 2 is 1.81 bits per heavy atom. The molecule has 0 fully saturated rings. The first-order valence-corrected chi connectivity index (χ1v) is 10.1. The molecule has 8 heteroatoms. The second kappa shape index (κ2) is 7.48. The number of hydrogen-bond acceptors (Lipinski definition) is 6. The molecule has 0 saturated carbocycles. The van der Waals surface area contributed by atoms with Gasteiger partial charge in [0.05, 0.1) is 35.5 Å². The van der Waals surface area contributed by atoms with Crippen LogP contribution in [0.15, 0.2) is 41.3 Å². The van der Waals surface area contributed by atoms with Crippen LogP contribution in [0.2, 0.25) is 0 Å². The summed E-state index contributed by atoms with van der Waals surface area (Å²) in [7, 11) is -1.31. The van der Waals surface area contributed by atoms with Crippen molar-refractivity contribution in [2.24, 2.45) is 0 Å². The summed E-state index contributed by atoms with van der Waals surface area (Å²) >= 11 is 0. The molecule has 0 N–H and O–H groups in total. The summed E-state index contributed by atoms with van der Waals surface area (Å²) in [6.45, 7) is 5.23. The Labute approximate surface area is 159 Å². The maximum atomic E-state index is 12.9. The summed E-state index contributed by atoms with van der Waals surface area (Å²) < 4.78 is 25.9. The second-order valence-electron chi connectivity index (χ2n) is 6.40. The van der Waals surface area contributed by atoms with Crippen LogP contribution in [0.5, 0.6) is 11.5 Å². The number of hydrogen-bond donors (Lipinski definition) is 0. The summed E-state index contributed by atoms with van der Waals surface area (Å²) in [5.41, 5.74) is 3.04. The highest BCUT2D eigenvalue weighted by molar-refractivity contribution is 7.84. The number of benzene rings is 2. The molecule has 140 valence electrons. The Balaban J connectivity index is 1.62. The average molecular weight is 384 g/mol. The normalized spacial score (nSPS) is 14.6. The third-order valence-corrected chi connectivity index (χ3v) is 5.73. The summed E-state index contributed by atoms with van der Waals surface area (Å²) in [6, 6.07) is 11.4. The largest absolute Gasteiger partial charge is 0.490 e. The lowest BCUT2D eigenvalue weighted by molar-refractivity contribution is 0.297. The lowest BCUT2D eigenvalue weighted by atomic mass is 10.1. The van der Waals surface area contributed by atoms with Gasteiger partial charge in [-0.05, 0) is 47.5 Å². The van der Waals surface area contributed by atoms with Crippen LogP contribution in [0, 0.1) is 13.8 Å². The van der Waals surface area contributed by atoms with E-state index >= 15 is 0 Å². The molecular formula is C19H20N4O3S. The van der Waals surface area contributed by atoms with E-state index in [1.54, 1.807) is 16.8 Å². The molecule has 0 unspecified atom stereocenters. The van der Waals surface area contributed by atoms with Crippen molar-refractivity contribution in [1.29, 1.82) is 0 Å². The molecule has 1 aliphatic heterocycles. The molecule has 0 saturated heterocycles. The van der Waals surface area contributed by atoms with E-state index in [4.69, 9.17) is 9.47 Å². The topological polar surface area (TPSA) is 79.1 Å². The molecular weight excluding hydrogens is 364 g/mol. The first-order chi connectivity index (χ1) is 13.1. The Bertz CT molecular complexity index is 982. The zero-order valence-corrected chi connectivity index (χ0v) is 16.0. The summed E-state index contributed by atoms with van der Waals surface area (Å²) in [4.78, 5) is 0.662. The Kier molecular flexibility index (Phi) is 4.89. The van der Waals surface area contributed by atoms with Crippen LogP contribution in [-0.4, -0.2) is 37.6 Å². The molecule has 2 heterocycles. The fraction of sp³-hybridized carbons (Fsp3) is 0.316. The van der Waals surface area contributed by atoms with Crippen LogP contribution in [-0.2, 0) is 16.6 Å². The van der Waals surface area contributed by atoms with Gasteiger partial charge in [-0.3, -0.25) is 4.21 Å². The third-order valence-electron chi connectivity index (χ3n) is 4.43. The zero-order chi connectivity index (χ0) is 18.8. The van der Waals surface area contributed by atoms with Gasteiger partial charge in [-0.25, -0.2) is 0 Å². The number of para-hydroxylation sites is 1. The monoisotopic (exact) mass is 384 g/mol. The summed E-state index contributed by atoms with van der Waals surface area (Å²) in [6.07, 6.45) is 0.831. The smallest absolute Gasteiger partial charge is 0.169 e. The van der Waals surface area contributed by atoms with E-state index in [1.165, 1.54) is 0 Å². The van der Waals surface area contributed by atoms with Gasteiger partial charge in [0.15, 0.2) is 17.3 Å². The molecule has 1 aromatic heterocycles. The van der Waals surface area contributed by atoms with Crippen LogP contribution < -0.4 is 9.47 Å². The predicted octanol–water partition coefficient (Wildman–Crippen LogP) is 2.75. The number of tetrazole rings is 1. The molecule has 1 atom stereocenters. The lowest BCUT2D eigenvalue weighted by Crippen LogP contribution is -2.09. The third kappa shape index (κ3) is 3.57. The van der Waals surface area contributed by atoms with Crippen LogP contribution in [0.4, 0.5) is 0 Å². The number of nitrogens with zero attached hydrogens (tertiary/aromatic N) is 4. The molecule has 1 aliphatic rings. The molecule has 2 aromatic carbocycles. The quantitative estimate of drug-likeness (QED) is 0.688. The van der Waals surface area contributed by atoms with Crippen molar-refractivity contribution in [3.8, 4) is 17.2 Å². The highest BCUT2D eigenvalue weighted by atomic mass is 32.2. The van der Waals surface area contributed by atoms with Crippen LogP contribution in [0.3, 0.4) is 0 Å². The Morgan fingerprint density at radius 3 is 2.59 bits per heavy atom. The van der Waals surface area contributed by atoms with Crippen LogP contribution in [0.1, 0.15) is 23.4 Å². The van der Waals surface area contributed by atoms with Gasteiger partial charge >= 0.3 is 0 Å². The molecule has 0 radical (unpaired) electrons. The number of ether oxygens (including phenoxy) is 2. The van der Waals surface area contributed by atoms with Crippen molar-refractivity contribution in [3.05, 3.63) is 53.3 Å². The minimum absolute atomic E-state index is 0.209. The molecule has 27 heavy (non-hydrogen) atoms. The van der Waals surface area contributed by atoms with Crippen LogP contribution in [0.25, 0.3) is 5.69 Å². The number of aryl methyl sites for hydroxylation is 2. The van der Waals surface area contributed by atoms with Gasteiger partial charge in [-0.2, -0.15) is 4.68 Å². The van der Waals surface area contributed by atoms with E-state index in [0.29, 0.717) is 35.4 Å². The standard InChI is InChI=1S/C19H20N4O3S/c1-13-5-3-6-14(2)19(13)23-18(20-21-22-23)12-27(24)15-7-8-16-17(11-15)26-10-4-9-25-16/h3,5-8,11H,4,9-10,12H2,1-2H3/t27-/m0/s1. The molecule has 0 amide bonds. The van der Waals surface area contributed by atoms with Gasteiger partial charge in [0, 0.05) is 17.4 Å². The highest BCUT2D eigenvalue weighted by Gasteiger charge is 2.18. The lowest BCUT2D eigenvalue weighted by Gasteiger charge is -2.11. The fourth-order valence-electron chi connectivity index (χ4n) is 3.09. The van der Waals surface area contributed by atoms with E-state index in [-0.39, 0.29) is 5.75 Å². The Hall–Kier alpha value is -2.74.